The van der Waals surface area contributed by atoms with Crippen LogP contribution in [-0.2, 0) is 7.05 Å². The summed E-state index contributed by atoms with van der Waals surface area (Å²) < 4.78 is 2.04. The molecule has 2 aromatic heterocycles. The second-order valence-corrected chi connectivity index (χ2v) is 6.81. The van der Waals surface area contributed by atoms with Gasteiger partial charge in [0.15, 0.2) is 0 Å². The summed E-state index contributed by atoms with van der Waals surface area (Å²) in [6.07, 6.45) is 5.81. The molecule has 0 aromatic carbocycles. The molecule has 6 heteroatoms. The molecule has 0 saturated carbocycles. The summed E-state index contributed by atoms with van der Waals surface area (Å²) in [4.78, 5) is 5.71. The molecular weight excluding hydrogens is 290 g/mol. The molecule has 3 unspecified atom stereocenters. The van der Waals surface area contributed by atoms with Crippen molar-refractivity contribution in [3.63, 3.8) is 0 Å². The lowest BCUT2D eigenvalue weighted by Crippen LogP contribution is -2.40. The van der Waals surface area contributed by atoms with Gasteiger partial charge in [0.05, 0.1) is 6.61 Å². The van der Waals surface area contributed by atoms with Crippen LogP contribution in [-0.4, -0.2) is 38.8 Å². The zero-order chi connectivity index (χ0) is 14.5. The number of aliphatic hydroxyl groups excluding tert-OH is 1. The van der Waals surface area contributed by atoms with Crippen LogP contribution in [0.15, 0.2) is 29.9 Å². The smallest absolute Gasteiger partial charge is 0.131 e. The molecule has 0 radical (unpaired) electrons. The first kappa shape index (κ1) is 15.6. The summed E-state index contributed by atoms with van der Waals surface area (Å²) in [6, 6.07) is 4.43. The van der Waals surface area contributed by atoms with Gasteiger partial charge < -0.3 is 9.67 Å². The molecule has 0 bridgehead atoms. The molecular formula is C14H21N3OS2. The molecule has 2 rings (SSSR count). The monoisotopic (exact) mass is 311 g/mol. The quantitative estimate of drug-likeness (QED) is 0.823. The van der Waals surface area contributed by atoms with Crippen LogP contribution in [0.1, 0.15) is 23.7 Å². The van der Waals surface area contributed by atoms with Crippen LogP contribution in [0.3, 0.4) is 0 Å². The lowest BCUT2D eigenvalue weighted by molar-refractivity contribution is 0.272. The third-order valence-electron chi connectivity index (χ3n) is 3.41. The summed E-state index contributed by atoms with van der Waals surface area (Å²) >= 11 is 3.40. The van der Waals surface area contributed by atoms with Crippen LogP contribution >= 0.6 is 23.1 Å². The summed E-state index contributed by atoms with van der Waals surface area (Å²) in [7, 11) is 2.01. The van der Waals surface area contributed by atoms with E-state index in [2.05, 4.69) is 34.7 Å². The number of aromatic nitrogens is 2. The normalized spacial score (nSPS) is 16.0. The predicted molar refractivity (Wildman–Crippen MR) is 86.4 cm³/mol. The van der Waals surface area contributed by atoms with E-state index in [0.29, 0.717) is 0 Å². The third-order valence-corrected chi connectivity index (χ3v) is 5.51. The first-order valence-corrected chi connectivity index (χ1v) is 8.74. The van der Waals surface area contributed by atoms with Gasteiger partial charge in [0.2, 0.25) is 0 Å². The SMILES string of the molecule is CSC(CO)C(C)NC(c1cccs1)c1nccn1C. The highest BCUT2D eigenvalue weighted by Gasteiger charge is 2.24. The van der Waals surface area contributed by atoms with Crippen molar-refractivity contribution in [3.8, 4) is 0 Å². The van der Waals surface area contributed by atoms with Gasteiger partial charge >= 0.3 is 0 Å². The van der Waals surface area contributed by atoms with E-state index in [0.717, 1.165) is 5.82 Å². The number of rotatable bonds is 7. The molecule has 0 spiro atoms. The van der Waals surface area contributed by atoms with Gasteiger partial charge in [-0.05, 0) is 24.6 Å². The molecule has 0 aliphatic rings. The van der Waals surface area contributed by atoms with Gasteiger partial charge in [-0.1, -0.05) is 6.07 Å². The lowest BCUT2D eigenvalue weighted by atomic mass is 10.1. The van der Waals surface area contributed by atoms with Crippen LogP contribution in [0.25, 0.3) is 0 Å². The number of nitrogens with one attached hydrogen (secondary N) is 1. The van der Waals surface area contributed by atoms with E-state index >= 15 is 0 Å². The Morgan fingerprint density at radius 1 is 1.55 bits per heavy atom. The predicted octanol–water partition coefficient (Wildman–Crippen LogP) is 2.27. The molecule has 2 aromatic rings. The number of hydrogen-bond donors (Lipinski definition) is 2. The average Bonchev–Trinajstić information content (AvgIpc) is 3.09. The highest BCUT2D eigenvalue weighted by Crippen LogP contribution is 2.26. The molecule has 20 heavy (non-hydrogen) atoms. The van der Waals surface area contributed by atoms with Gasteiger partial charge in [-0.2, -0.15) is 11.8 Å². The van der Waals surface area contributed by atoms with Gasteiger partial charge in [0.25, 0.3) is 0 Å². The number of thiophene rings is 1. The second kappa shape index (κ2) is 7.26. The van der Waals surface area contributed by atoms with Crippen molar-refractivity contribution in [1.29, 1.82) is 0 Å². The summed E-state index contributed by atoms with van der Waals surface area (Å²) in [5, 5.41) is 15.3. The van der Waals surface area contributed by atoms with Crippen molar-refractivity contribution < 1.29 is 5.11 Å². The van der Waals surface area contributed by atoms with E-state index in [1.54, 1.807) is 23.1 Å². The van der Waals surface area contributed by atoms with E-state index in [1.165, 1.54) is 4.88 Å². The molecule has 4 nitrogen and oxygen atoms in total. The first-order valence-electron chi connectivity index (χ1n) is 6.57. The number of thioether (sulfide) groups is 1. The maximum Gasteiger partial charge on any atom is 0.131 e. The standard InChI is InChI=1S/C14H21N3OS2/c1-10(12(9-18)19-3)16-13(11-5-4-8-20-11)14-15-6-7-17(14)2/h4-8,10,12-13,16,18H,9H2,1-3H3. The first-order chi connectivity index (χ1) is 9.67. The van der Waals surface area contributed by atoms with Crippen molar-refractivity contribution in [2.45, 2.75) is 24.3 Å². The van der Waals surface area contributed by atoms with E-state index in [4.69, 9.17) is 0 Å². The second-order valence-electron chi connectivity index (χ2n) is 4.76. The lowest BCUT2D eigenvalue weighted by Gasteiger charge is -2.26. The largest absolute Gasteiger partial charge is 0.395 e. The molecule has 0 aliphatic heterocycles. The van der Waals surface area contributed by atoms with E-state index < -0.39 is 0 Å². The number of nitrogens with zero attached hydrogens (tertiary/aromatic N) is 2. The Morgan fingerprint density at radius 2 is 2.35 bits per heavy atom. The molecule has 0 amide bonds. The van der Waals surface area contributed by atoms with Gasteiger partial charge in [-0.15, -0.1) is 11.3 Å². The Morgan fingerprint density at radius 3 is 2.85 bits per heavy atom. The zero-order valence-electron chi connectivity index (χ0n) is 12.0. The van der Waals surface area contributed by atoms with Gasteiger partial charge in [0.1, 0.15) is 11.9 Å². The van der Waals surface area contributed by atoms with Crippen molar-refractivity contribution in [2.24, 2.45) is 7.05 Å². The molecule has 0 aliphatic carbocycles. The maximum atomic E-state index is 9.45. The van der Waals surface area contributed by atoms with Crippen LogP contribution < -0.4 is 5.32 Å². The molecule has 0 fully saturated rings. The maximum absolute atomic E-state index is 9.45. The Bertz CT molecular complexity index is 508. The van der Waals surface area contributed by atoms with E-state index in [1.807, 2.05) is 30.3 Å². The topological polar surface area (TPSA) is 50.1 Å². The molecule has 3 atom stereocenters. The van der Waals surface area contributed by atoms with Crippen LogP contribution in [0.5, 0.6) is 0 Å². The molecule has 2 N–H and O–H groups in total. The summed E-state index contributed by atoms with van der Waals surface area (Å²) in [5.74, 6) is 0.997. The summed E-state index contributed by atoms with van der Waals surface area (Å²) in [6.45, 7) is 2.29. The van der Waals surface area contributed by atoms with Crippen molar-refractivity contribution in [2.75, 3.05) is 12.9 Å². The highest BCUT2D eigenvalue weighted by atomic mass is 32.2. The van der Waals surface area contributed by atoms with Crippen LogP contribution in [0.2, 0.25) is 0 Å². The Balaban J connectivity index is 2.23. The fraction of sp³-hybridized carbons (Fsp3) is 0.500. The fourth-order valence-electron chi connectivity index (χ4n) is 2.20. The molecule has 2 heterocycles. The van der Waals surface area contributed by atoms with E-state index in [-0.39, 0.29) is 23.9 Å². The van der Waals surface area contributed by atoms with Crippen LogP contribution in [0.4, 0.5) is 0 Å². The van der Waals surface area contributed by atoms with Crippen LogP contribution in [0, 0.1) is 0 Å². The number of imidazole rings is 1. The van der Waals surface area contributed by atoms with Gasteiger partial charge in [-0.25, -0.2) is 4.98 Å². The van der Waals surface area contributed by atoms with Gasteiger partial charge in [-0.3, -0.25) is 5.32 Å². The third kappa shape index (κ3) is 3.44. The minimum Gasteiger partial charge on any atom is -0.395 e. The average molecular weight is 311 g/mol. The Hall–Kier alpha value is -0.820. The minimum atomic E-state index is 0.0613. The minimum absolute atomic E-state index is 0.0613. The van der Waals surface area contributed by atoms with Crippen molar-refractivity contribution in [1.82, 2.24) is 14.9 Å². The Labute approximate surface area is 128 Å². The number of hydrogen-bond acceptors (Lipinski definition) is 5. The zero-order valence-corrected chi connectivity index (χ0v) is 13.6. The highest BCUT2D eigenvalue weighted by molar-refractivity contribution is 7.99. The fourth-order valence-corrected chi connectivity index (χ4v) is 3.62. The van der Waals surface area contributed by atoms with Crippen molar-refractivity contribution in [3.05, 3.63) is 40.6 Å². The van der Waals surface area contributed by atoms with Gasteiger partial charge in [0, 0.05) is 35.6 Å². The number of aliphatic hydroxyl groups is 1. The molecule has 0 saturated heterocycles. The number of aryl methyl sites for hydroxylation is 1. The Kier molecular flexibility index (Phi) is 5.65. The molecule has 110 valence electrons. The van der Waals surface area contributed by atoms with E-state index in [9.17, 15) is 5.11 Å². The van der Waals surface area contributed by atoms with Crippen molar-refractivity contribution >= 4 is 23.1 Å². The summed E-state index contributed by atoms with van der Waals surface area (Å²) in [5.41, 5.74) is 0.